The second kappa shape index (κ2) is 8.20. The maximum absolute atomic E-state index is 12.4. The lowest BCUT2D eigenvalue weighted by molar-refractivity contribution is -0.116. The molecule has 0 unspecified atom stereocenters. The van der Waals surface area contributed by atoms with Crippen LogP contribution in [0.1, 0.15) is 44.3 Å². The molecule has 0 fully saturated rings. The molecular weight excluding hydrogens is 414 g/mol. The van der Waals surface area contributed by atoms with Crippen LogP contribution in [0, 0.1) is 0 Å². The Bertz CT molecular complexity index is 1260. The summed E-state index contributed by atoms with van der Waals surface area (Å²) in [6, 6.07) is 15.6. The Labute approximate surface area is 184 Å². The lowest BCUT2D eigenvalue weighted by atomic mass is 9.93. The normalized spacial score (nSPS) is 12.4. The number of fused-ring (bicyclic) bond motifs is 2. The molecule has 1 amide bonds. The maximum atomic E-state index is 12.4. The molecule has 1 N–H and O–H groups in total. The predicted octanol–water partition coefficient (Wildman–Crippen LogP) is 5.55. The minimum Gasteiger partial charge on any atom is -0.478 e. The largest absolute Gasteiger partial charge is 0.478 e. The van der Waals surface area contributed by atoms with Gasteiger partial charge in [-0.1, -0.05) is 48.0 Å². The molecule has 0 bridgehead atoms. The lowest BCUT2D eigenvalue weighted by Crippen LogP contribution is -2.29. The maximum Gasteiger partial charge on any atom is 0.336 e. The van der Waals surface area contributed by atoms with Crippen LogP contribution in [-0.2, 0) is 11.3 Å². The number of aromatic carboxylic acids is 1. The first-order valence-corrected chi connectivity index (χ1v) is 9.96. The Morgan fingerprint density at radius 1 is 1.00 bits per heavy atom. The number of carboxylic acid groups (broad SMARTS) is 1. The first-order valence-electron chi connectivity index (χ1n) is 9.59. The quantitative estimate of drug-likeness (QED) is 0.551. The molecule has 3 aromatic rings. The van der Waals surface area contributed by atoms with E-state index >= 15 is 0 Å². The number of nitrogens with zero attached hydrogens (tertiary/aromatic N) is 1. The molecule has 0 radical (unpaired) electrons. The van der Waals surface area contributed by atoms with Gasteiger partial charge in [-0.2, -0.15) is 0 Å². The Balaban J connectivity index is 1.86. The molecule has 31 heavy (non-hydrogen) atoms. The molecule has 6 heteroatoms. The SMILES string of the molecule is CC(=O)N1Cc2cc(-c3ccc(C=O)cc3C(=O)O)ccc2C=Cc2cc(Cl)ccc21. The van der Waals surface area contributed by atoms with E-state index in [1.54, 1.807) is 23.1 Å². The van der Waals surface area contributed by atoms with Crippen molar-refractivity contribution in [3.8, 4) is 11.1 Å². The van der Waals surface area contributed by atoms with Crippen molar-refractivity contribution in [3.63, 3.8) is 0 Å². The van der Waals surface area contributed by atoms with Crippen molar-refractivity contribution in [2.75, 3.05) is 4.90 Å². The zero-order valence-electron chi connectivity index (χ0n) is 16.6. The van der Waals surface area contributed by atoms with Crippen LogP contribution in [0.5, 0.6) is 0 Å². The molecule has 3 aromatic carbocycles. The third kappa shape index (κ3) is 4.00. The number of carboxylic acids is 1. The molecule has 0 atom stereocenters. The van der Waals surface area contributed by atoms with Gasteiger partial charge in [0.15, 0.2) is 0 Å². The van der Waals surface area contributed by atoms with E-state index in [9.17, 15) is 19.5 Å². The van der Waals surface area contributed by atoms with Crippen LogP contribution in [0.25, 0.3) is 23.3 Å². The molecule has 0 saturated heterocycles. The van der Waals surface area contributed by atoms with Gasteiger partial charge in [-0.15, -0.1) is 0 Å². The van der Waals surface area contributed by atoms with E-state index in [0.29, 0.717) is 34.5 Å². The topological polar surface area (TPSA) is 74.7 Å². The molecule has 1 heterocycles. The van der Waals surface area contributed by atoms with Gasteiger partial charge in [0.25, 0.3) is 0 Å². The summed E-state index contributed by atoms with van der Waals surface area (Å²) in [4.78, 5) is 37.0. The van der Waals surface area contributed by atoms with Crippen LogP contribution in [0.2, 0.25) is 5.02 Å². The molecule has 5 nitrogen and oxygen atoms in total. The smallest absolute Gasteiger partial charge is 0.336 e. The number of hydrogen-bond donors (Lipinski definition) is 1. The van der Waals surface area contributed by atoms with Crippen molar-refractivity contribution in [1.82, 2.24) is 0 Å². The highest BCUT2D eigenvalue weighted by Gasteiger charge is 2.20. The van der Waals surface area contributed by atoms with Gasteiger partial charge in [-0.25, -0.2) is 4.79 Å². The van der Waals surface area contributed by atoms with Gasteiger partial charge in [-0.05, 0) is 58.1 Å². The van der Waals surface area contributed by atoms with Gasteiger partial charge in [0, 0.05) is 17.5 Å². The molecule has 1 aliphatic rings. The van der Waals surface area contributed by atoms with E-state index in [1.165, 1.54) is 13.0 Å². The lowest BCUT2D eigenvalue weighted by Gasteiger charge is -2.26. The Hall–Kier alpha value is -3.70. The summed E-state index contributed by atoms with van der Waals surface area (Å²) in [5, 5.41) is 10.2. The highest BCUT2D eigenvalue weighted by atomic mass is 35.5. The van der Waals surface area contributed by atoms with Crippen LogP contribution < -0.4 is 4.90 Å². The molecule has 0 aromatic heterocycles. The van der Waals surface area contributed by atoms with Crippen LogP contribution >= 0.6 is 11.6 Å². The van der Waals surface area contributed by atoms with Crippen molar-refractivity contribution in [2.45, 2.75) is 13.5 Å². The zero-order valence-corrected chi connectivity index (χ0v) is 17.4. The monoisotopic (exact) mass is 431 g/mol. The summed E-state index contributed by atoms with van der Waals surface area (Å²) >= 11 is 6.14. The number of hydrogen-bond acceptors (Lipinski definition) is 3. The average Bonchev–Trinajstić information content (AvgIpc) is 2.74. The number of aldehydes is 1. The number of halogens is 1. The number of anilines is 1. The summed E-state index contributed by atoms with van der Waals surface area (Å²) in [5.41, 5.74) is 4.95. The van der Waals surface area contributed by atoms with Gasteiger partial charge in [0.1, 0.15) is 6.29 Å². The predicted molar refractivity (Wildman–Crippen MR) is 121 cm³/mol. The Morgan fingerprint density at radius 2 is 1.77 bits per heavy atom. The third-order valence-electron chi connectivity index (χ3n) is 5.30. The van der Waals surface area contributed by atoms with E-state index in [-0.39, 0.29) is 11.5 Å². The van der Waals surface area contributed by atoms with Crippen LogP contribution in [0.4, 0.5) is 5.69 Å². The fourth-order valence-electron chi connectivity index (χ4n) is 3.76. The van der Waals surface area contributed by atoms with E-state index in [0.717, 1.165) is 22.4 Å². The van der Waals surface area contributed by atoms with Crippen LogP contribution in [-0.4, -0.2) is 23.3 Å². The molecule has 0 aliphatic carbocycles. The van der Waals surface area contributed by atoms with Gasteiger partial charge >= 0.3 is 5.97 Å². The highest BCUT2D eigenvalue weighted by molar-refractivity contribution is 6.30. The fraction of sp³-hybridized carbons (Fsp3) is 0.0800. The van der Waals surface area contributed by atoms with Crippen molar-refractivity contribution in [1.29, 1.82) is 0 Å². The highest BCUT2D eigenvalue weighted by Crippen LogP contribution is 2.33. The second-order valence-electron chi connectivity index (χ2n) is 7.28. The summed E-state index contributed by atoms with van der Waals surface area (Å²) in [6.07, 6.45) is 4.49. The molecule has 4 rings (SSSR count). The minimum absolute atomic E-state index is 0.0503. The summed E-state index contributed by atoms with van der Waals surface area (Å²) in [5.74, 6) is -1.22. The van der Waals surface area contributed by atoms with E-state index in [2.05, 4.69) is 0 Å². The van der Waals surface area contributed by atoms with Crippen molar-refractivity contribution >= 4 is 47.6 Å². The molecule has 1 aliphatic heterocycles. The van der Waals surface area contributed by atoms with Crippen molar-refractivity contribution in [3.05, 3.63) is 87.4 Å². The first kappa shape index (κ1) is 20.6. The first-order chi connectivity index (χ1) is 14.9. The Morgan fingerprint density at radius 3 is 2.48 bits per heavy atom. The third-order valence-corrected chi connectivity index (χ3v) is 5.53. The summed E-state index contributed by atoms with van der Waals surface area (Å²) in [7, 11) is 0. The van der Waals surface area contributed by atoms with E-state index in [1.807, 2.05) is 42.5 Å². The van der Waals surface area contributed by atoms with Gasteiger partial charge < -0.3 is 10.0 Å². The van der Waals surface area contributed by atoms with E-state index in [4.69, 9.17) is 11.6 Å². The van der Waals surface area contributed by atoms with Crippen molar-refractivity contribution in [2.24, 2.45) is 0 Å². The number of benzene rings is 3. The number of carbonyl (C=O) groups excluding carboxylic acids is 2. The standard InChI is InChI=1S/C25H18ClNO4/c1-15(29)27-13-20-11-18(22-8-2-16(14-28)10-23(22)25(30)31)5-3-17(20)4-6-19-12-21(26)7-9-24(19)27/h2-12,14H,13H2,1H3,(H,30,31). The van der Waals surface area contributed by atoms with Gasteiger partial charge in [0.2, 0.25) is 5.91 Å². The molecule has 0 spiro atoms. The van der Waals surface area contributed by atoms with E-state index < -0.39 is 5.97 Å². The fourth-order valence-corrected chi connectivity index (χ4v) is 3.94. The number of rotatable bonds is 3. The van der Waals surface area contributed by atoms with Gasteiger partial charge in [-0.3, -0.25) is 9.59 Å². The minimum atomic E-state index is -1.11. The molecule has 0 saturated carbocycles. The zero-order chi connectivity index (χ0) is 22.1. The summed E-state index contributed by atoms with van der Waals surface area (Å²) in [6.45, 7) is 1.83. The number of carbonyl (C=O) groups is 3. The van der Waals surface area contributed by atoms with Gasteiger partial charge in [0.05, 0.1) is 17.8 Å². The average molecular weight is 432 g/mol. The second-order valence-corrected chi connectivity index (χ2v) is 7.72. The van der Waals surface area contributed by atoms with Crippen LogP contribution in [0.15, 0.2) is 54.6 Å². The van der Waals surface area contributed by atoms with Crippen molar-refractivity contribution < 1.29 is 19.5 Å². The Kier molecular flexibility index (Phi) is 5.44. The molecule has 154 valence electrons. The molecular formula is C25H18ClNO4. The summed E-state index contributed by atoms with van der Waals surface area (Å²) < 4.78 is 0. The van der Waals surface area contributed by atoms with Crippen LogP contribution in [0.3, 0.4) is 0 Å². The number of amides is 1.